The number of aromatic nitrogens is 2. The Labute approximate surface area is 180 Å². The van der Waals surface area contributed by atoms with E-state index in [1.165, 1.54) is 18.5 Å². The fourth-order valence-corrected chi connectivity index (χ4v) is 3.28. The molecule has 3 N–H and O–H groups in total. The molecule has 1 aliphatic rings. The van der Waals surface area contributed by atoms with E-state index in [1.54, 1.807) is 35.3 Å². The number of benzene rings is 1. The minimum Gasteiger partial charge on any atom is -0.475 e. The van der Waals surface area contributed by atoms with Crippen LogP contribution in [-0.2, 0) is 4.79 Å². The van der Waals surface area contributed by atoms with Crippen LogP contribution in [0.15, 0.2) is 53.2 Å². The second-order valence-corrected chi connectivity index (χ2v) is 7.50. The zero-order valence-electron chi connectivity index (χ0n) is 17.9. The van der Waals surface area contributed by atoms with E-state index in [0.717, 1.165) is 11.5 Å². The molecule has 1 aromatic heterocycles. The predicted octanol–water partition coefficient (Wildman–Crippen LogP) is 2.21. The predicted molar refractivity (Wildman–Crippen MR) is 112 cm³/mol. The maximum atomic E-state index is 13.1. The van der Waals surface area contributed by atoms with Crippen LogP contribution in [0.4, 0.5) is 15.9 Å². The highest BCUT2D eigenvalue weighted by Crippen LogP contribution is 2.19. The van der Waals surface area contributed by atoms with Crippen LogP contribution in [0.3, 0.4) is 0 Å². The summed E-state index contributed by atoms with van der Waals surface area (Å²) >= 11 is 0. The number of nitrogens with two attached hydrogens (primary N) is 1. The summed E-state index contributed by atoms with van der Waals surface area (Å²) in [6.45, 7) is 7.74. The first-order valence-corrected chi connectivity index (χ1v) is 10.1. The minimum absolute atomic E-state index is 0.0194. The third-order valence-corrected chi connectivity index (χ3v) is 4.82. The molecule has 164 valence electrons. The molecule has 1 fully saturated rings. The lowest BCUT2D eigenvalue weighted by molar-refractivity contribution is -0.518. The number of piperazine rings is 1. The van der Waals surface area contributed by atoms with Gasteiger partial charge in [0.2, 0.25) is 11.6 Å². The van der Waals surface area contributed by atoms with Gasteiger partial charge in [0, 0.05) is 51.3 Å². The largest absolute Gasteiger partial charge is 0.475 e. The fraction of sp³-hybridized carbons (Fsp3) is 0.381. The molecule has 0 aliphatic carbocycles. The summed E-state index contributed by atoms with van der Waals surface area (Å²) < 4.78 is 18.7. The molecule has 0 unspecified atom stereocenters. The van der Waals surface area contributed by atoms with Crippen LogP contribution < -0.4 is 15.0 Å². The summed E-state index contributed by atoms with van der Waals surface area (Å²) in [5.41, 5.74) is 8.86. The molecule has 10 heteroatoms. The van der Waals surface area contributed by atoms with Gasteiger partial charge in [-0.05, 0) is 26.0 Å². The van der Waals surface area contributed by atoms with E-state index in [9.17, 15) is 9.18 Å². The van der Waals surface area contributed by atoms with Crippen molar-refractivity contribution in [2.24, 2.45) is 5.11 Å². The number of hydrogen-bond donors (Lipinski definition) is 2. The zero-order chi connectivity index (χ0) is 22.4. The molecule has 0 bridgehead atoms. The summed E-state index contributed by atoms with van der Waals surface area (Å²) in [4.78, 5) is 25.1. The van der Waals surface area contributed by atoms with Gasteiger partial charge in [-0.2, -0.15) is 0 Å². The van der Waals surface area contributed by atoms with Crippen LogP contribution in [0.5, 0.6) is 5.88 Å². The number of carbonyl (C=O) groups is 1. The molecular weight excluding hydrogens is 401 g/mol. The van der Waals surface area contributed by atoms with Crippen molar-refractivity contribution in [1.82, 2.24) is 14.9 Å². The molecule has 2 aromatic rings. The lowest BCUT2D eigenvalue weighted by Crippen LogP contribution is -2.75. The second kappa shape index (κ2) is 10.1. The van der Waals surface area contributed by atoms with E-state index >= 15 is 0 Å². The molecule has 1 aromatic carbocycles. The van der Waals surface area contributed by atoms with Gasteiger partial charge in [0.05, 0.1) is 6.10 Å². The highest BCUT2D eigenvalue weighted by molar-refractivity contribution is 5.93. The summed E-state index contributed by atoms with van der Waals surface area (Å²) in [7, 11) is 0. The molecular formula is C21H27FN7O2+. The van der Waals surface area contributed by atoms with Gasteiger partial charge >= 0.3 is 0 Å². The van der Waals surface area contributed by atoms with Crippen LogP contribution in [0.2, 0.25) is 0 Å². The normalized spacial score (nSPS) is 15.0. The van der Waals surface area contributed by atoms with Gasteiger partial charge in [-0.1, -0.05) is 0 Å². The summed E-state index contributed by atoms with van der Waals surface area (Å²) in [5.74, 6) is 0.643. The van der Waals surface area contributed by atoms with Crippen molar-refractivity contribution in [1.29, 1.82) is 5.53 Å². The maximum Gasteiger partial charge on any atom is 0.280 e. The number of quaternary nitrogens is 1. The lowest BCUT2D eigenvalue weighted by Gasteiger charge is -2.35. The van der Waals surface area contributed by atoms with E-state index in [2.05, 4.69) is 20.0 Å². The molecule has 31 heavy (non-hydrogen) atoms. The number of nitrogens with one attached hydrogen (secondary N) is 1. The Balaban J connectivity index is 1.64. The molecule has 3 rings (SSSR count). The van der Waals surface area contributed by atoms with Gasteiger partial charge in [0.25, 0.3) is 5.91 Å². The first-order valence-electron chi connectivity index (χ1n) is 10.1. The van der Waals surface area contributed by atoms with Crippen LogP contribution in [0.1, 0.15) is 20.8 Å². The first kappa shape index (κ1) is 22.3. The van der Waals surface area contributed by atoms with Crippen molar-refractivity contribution in [3.63, 3.8) is 0 Å². The van der Waals surface area contributed by atoms with Crippen molar-refractivity contribution in [3.05, 3.63) is 53.9 Å². The molecule has 2 heterocycles. The van der Waals surface area contributed by atoms with Crippen LogP contribution in [0, 0.1) is 11.3 Å². The number of hydrogen-bond acceptors (Lipinski definition) is 7. The molecule has 0 atom stereocenters. The van der Waals surface area contributed by atoms with Gasteiger partial charge in [-0.25, -0.2) is 19.9 Å². The van der Waals surface area contributed by atoms with Gasteiger partial charge in [0.15, 0.2) is 0 Å². The van der Waals surface area contributed by atoms with Crippen molar-refractivity contribution in [3.8, 4) is 5.88 Å². The van der Waals surface area contributed by atoms with Gasteiger partial charge in [-0.3, -0.25) is 10.1 Å². The second-order valence-electron chi connectivity index (χ2n) is 7.50. The van der Waals surface area contributed by atoms with Gasteiger partial charge in [0.1, 0.15) is 29.3 Å². The Hall–Kier alpha value is -3.40. The maximum absolute atomic E-state index is 13.1. The number of rotatable bonds is 7. The van der Waals surface area contributed by atoms with E-state index < -0.39 is 0 Å². The van der Waals surface area contributed by atoms with Crippen LogP contribution in [-0.4, -0.2) is 53.1 Å². The quantitative estimate of drug-likeness (QED) is 0.399. The number of allylic oxidation sites excluding steroid dienone is 1. The molecule has 9 nitrogen and oxygen atoms in total. The number of halogens is 1. The van der Waals surface area contributed by atoms with Crippen molar-refractivity contribution in [2.45, 2.75) is 26.9 Å². The van der Waals surface area contributed by atoms with Crippen LogP contribution in [0.25, 0.3) is 0 Å². The van der Waals surface area contributed by atoms with E-state index in [1.807, 2.05) is 13.8 Å². The Morgan fingerprint density at radius 1 is 1.19 bits per heavy atom. The minimum atomic E-state index is -0.329. The SMILES string of the molecule is C/C([NH2+]c1ccc(F)cc1)=C(/N=N)C(=O)N1CCN(c2cc(OC(C)C)ncn2)CC1. The topological polar surface area (TPSA) is 111 Å². The smallest absolute Gasteiger partial charge is 0.280 e. The van der Waals surface area contributed by atoms with E-state index in [0.29, 0.717) is 37.8 Å². The number of nitrogens with zero attached hydrogens (tertiary/aromatic N) is 5. The number of anilines is 1. The van der Waals surface area contributed by atoms with Crippen LogP contribution >= 0.6 is 0 Å². The summed E-state index contributed by atoms with van der Waals surface area (Å²) in [6, 6.07) is 7.72. The third-order valence-electron chi connectivity index (χ3n) is 4.82. The number of carbonyl (C=O) groups excluding carboxylic acids is 1. The fourth-order valence-electron chi connectivity index (χ4n) is 3.28. The standard InChI is InChI=1S/C21H26FN7O2/c1-14(2)31-19-12-18(24-13-25-19)28-8-10-29(11-9-28)21(30)20(27-23)15(3)26-17-6-4-16(22)5-7-17/h4-7,12-14,23,26H,8-11H2,1-3H3/p+1/b20-15-,27-23?. The average molecular weight is 428 g/mol. The molecule has 1 aliphatic heterocycles. The zero-order valence-corrected chi connectivity index (χ0v) is 17.9. The Morgan fingerprint density at radius 3 is 2.48 bits per heavy atom. The molecule has 0 spiro atoms. The Kier molecular flexibility index (Phi) is 7.24. The van der Waals surface area contributed by atoms with E-state index in [4.69, 9.17) is 10.3 Å². The van der Waals surface area contributed by atoms with Crippen molar-refractivity contribution < 1.29 is 19.2 Å². The van der Waals surface area contributed by atoms with Crippen molar-refractivity contribution >= 4 is 17.4 Å². The Morgan fingerprint density at radius 2 is 1.87 bits per heavy atom. The number of ether oxygens (including phenoxy) is 1. The lowest BCUT2D eigenvalue weighted by atomic mass is 10.2. The molecule has 0 saturated carbocycles. The van der Waals surface area contributed by atoms with Gasteiger partial charge in [-0.15, -0.1) is 5.11 Å². The summed E-state index contributed by atoms with van der Waals surface area (Å²) in [6.07, 6.45) is 1.49. The highest BCUT2D eigenvalue weighted by Gasteiger charge is 2.27. The number of amides is 1. The Bertz CT molecular complexity index is 954. The monoisotopic (exact) mass is 428 g/mol. The van der Waals surface area contributed by atoms with E-state index in [-0.39, 0.29) is 23.5 Å². The molecule has 1 amide bonds. The highest BCUT2D eigenvalue weighted by atomic mass is 19.1. The molecule has 1 saturated heterocycles. The van der Waals surface area contributed by atoms with Gasteiger partial charge < -0.3 is 14.5 Å². The first-order chi connectivity index (χ1) is 14.9. The summed E-state index contributed by atoms with van der Waals surface area (Å²) in [5, 5.41) is 5.20. The average Bonchev–Trinajstić information content (AvgIpc) is 2.75. The molecule has 0 radical (unpaired) electrons. The van der Waals surface area contributed by atoms with Crippen molar-refractivity contribution in [2.75, 3.05) is 31.1 Å². The third kappa shape index (κ3) is 5.82.